The number of nitrogens with one attached hydrogen (secondary N) is 1. The Balaban J connectivity index is 1.96. The van der Waals surface area contributed by atoms with E-state index in [9.17, 15) is 8.78 Å². The van der Waals surface area contributed by atoms with E-state index in [1.807, 2.05) is 0 Å². The van der Waals surface area contributed by atoms with Crippen molar-refractivity contribution in [3.05, 3.63) is 35.7 Å². The van der Waals surface area contributed by atoms with Gasteiger partial charge in [-0.25, -0.2) is 8.78 Å². The summed E-state index contributed by atoms with van der Waals surface area (Å²) >= 11 is 0. The van der Waals surface area contributed by atoms with Crippen LogP contribution >= 0.6 is 0 Å². The first-order valence-corrected chi connectivity index (χ1v) is 7.11. The highest BCUT2D eigenvalue weighted by Gasteiger charge is 2.12. The molecule has 1 heterocycles. The molecule has 0 aliphatic carbocycles. The lowest BCUT2D eigenvalue weighted by Gasteiger charge is -2.10. The highest BCUT2D eigenvalue weighted by atomic mass is 19.2. The second-order valence-electron chi connectivity index (χ2n) is 5.03. The third-order valence-corrected chi connectivity index (χ3v) is 3.18. The van der Waals surface area contributed by atoms with E-state index in [-0.39, 0.29) is 5.82 Å². The minimum Gasteiger partial charge on any atom is -0.339 e. The van der Waals surface area contributed by atoms with Gasteiger partial charge in [-0.05, 0) is 44.5 Å². The third-order valence-electron chi connectivity index (χ3n) is 3.18. The van der Waals surface area contributed by atoms with Gasteiger partial charge < -0.3 is 9.84 Å². The van der Waals surface area contributed by atoms with Crippen LogP contribution in [0.2, 0.25) is 0 Å². The molecule has 0 bridgehead atoms. The van der Waals surface area contributed by atoms with Gasteiger partial charge in [-0.2, -0.15) is 4.98 Å². The molecule has 0 aliphatic rings. The smallest absolute Gasteiger partial charge is 0.227 e. The minimum atomic E-state index is -0.920. The highest BCUT2D eigenvalue weighted by molar-refractivity contribution is 5.54. The van der Waals surface area contributed by atoms with Crippen molar-refractivity contribution in [2.75, 3.05) is 6.54 Å². The summed E-state index contributed by atoms with van der Waals surface area (Å²) in [6.07, 6.45) is 2.61. The van der Waals surface area contributed by atoms with Crippen molar-refractivity contribution in [3.63, 3.8) is 0 Å². The van der Waals surface area contributed by atoms with Gasteiger partial charge in [0.25, 0.3) is 0 Å². The molecule has 6 heteroatoms. The molecular formula is C15H19F2N3O. The normalized spacial score (nSPS) is 12.6. The molecule has 0 spiro atoms. The summed E-state index contributed by atoms with van der Waals surface area (Å²) in [5.74, 6) is -1.03. The molecule has 1 aromatic carbocycles. The monoisotopic (exact) mass is 295 g/mol. The van der Waals surface area contributed by atoms with Crippen molar-refractivity contribution in [2.45, 2.75) is 39.2 Å². The van der Waals surface area contributed by atoms with Crippen molar-refractivity contribution in [3.8, 4) is 11.4 Å². The number of aryl methyl sites for hydroxylation is 1. The summed E-state index contributed by atoms with van der Waals surface area (Å²) in [5, 5.41) is 7.18. The van der Waals surface area contributed by atoms with Crippen molar-refractivity contribution in [2.24, 2.45) is 0 Å². The largest absolute Gasteiger partial charge is 0.339 e. The van der Waals surface area contributed by atoms with Crippen molar-refractivity contribution in [1.82, 2.24) is 15.5 Å². The van der Waals surface area contributed by atoms with Crippen LogP contribution in [0.15, 0.2) is 22.7 Å². The zero-order valence-corrected chi connectivity index (χ0v) is 12.2. The van der Waals surface area contributed by atoms with Crippen LogP contribution < -0.4 is 5.32 Å². The Hall–Kier alpha value is -1.82. The lowest BCUT2D eigenvalue weighted by atomic mass is 10.2. The van der Waals surface area contributed by atoms with Crippen LogP contribution in [0.4, 0.5) is 8.78 Å². The fraction of sp³-hybridized carbons (Fsp3) is 0.467. The van der Waals surface area contributed by atoms with Gasteiger partial charge in [-0.15, -0.1) is 0 Å². The number of halogens is 2. The Morgan fingerprint density at radius 1 is 1.29 bits per heavy atom. The third kappa shape index (κ3) is 4.32. The maximum absolute atomic E-state index is 13.2. The standard InChI is InChI=1S/C15H19F2N3O/c1-3-8-18-10(2)4-7-14-19-15(20-21-14)11-5-6-12(16)13(17)9-11/h5-6,9-10,18H,3-4,7-8H2,1-2H3. The van der Waals surface area contributed by atoms with Gasteiger partial charge in [-0.1, -0.05) is 12.1 Å². The van der Waals surface area contributed by atoms with E-state index in [0.717, 1.165) is 31.5 Å². The van der Waals surface area contributed by atoms with Gasteiger partial charge in [0.05, 0.1) is 0 Å². The van der Waals surface area contributed by atoms with Crippen LogP contribution in [0.25, 0.3) is 11.4 Å². The van der Waals surface area contributed by atoms with E-state index in [4.69, 9.17) is 4.52 Å². The van der Waals surface area contributed by atoms with E-state index in [2.05, 4.69) is 29.3 Å². The molecule has 2 rings (SSSR count). The number of nitrogens with zero attached hydrogens (tertiary/aromatic N) is 2. The van der Waals surface area contributed by atoms with Crippen LogP contribution in [0, 0.1) is 11.6 Å². The Labute approximate surface area is 122 Å². The van der Waals surface area contributed by atoms with Crippen LogP contribution in [-0.4, -0.2) is 22.7 Å². The molecule has 0 radical (unpaired) electrons. The fourth-order valence-electron chi connectivity index (χ4n) is 1.94. The summed E-state index contributed by atoms with van der Waals surface area (Å²) in [6.45, 7) is 5.19. The summed E-state index contributed by atoms with van der Waals surface area (Å²) in [4.78, 5) is 4.21. The number of benzene rings is 1. The molecule has 0 aliphatic heterocycles. The van der Waals surface area contributed by atoms with Crippen LogP contribution in [0.5, 0.6) is 0 Å². The Morgan fingerprint density at radius 2 is 2.10 bits per heavy atom. The number of hydrogen-bond acceptors (Lipinski definition) is 4. The number of hydrogen-bond donors (Lipinski definition) is 1. The summed E-state index contributed by atoms with van der Waals surface area (Å²) in [7, 11) is 0. The molecule has 4 nitrogen and oxygen atoms in total. The first kappa shape index (κ1) is 15.6. The van der Waals surface area contributed by atoms with Crippen molar-refractivity contribution < 1.29 is 13.3 Å². The molecule has 0 amide bonds. The molecule has 1 N–H and O–H groups in total. The average Bonchev–Trinajstić information content (AvgIpc) is 2.94. The zero-order valence-electron chi connectivity index (χ0n) is 12.2. The topological polar surface area (TPSA) is 51.0 Å². The quantitative estimate of drug-likeness (QED) is 0.851. The molecule has 21 heavy (non-hydrogen) atoms. The van der Waals surface area contributed by atoms with E-state index >= 15 is 0 Å². The predicted molar refractivity (Wildman–Crippen MR) is 75.7 cm³/mol. The SMILES string of the molecule is CCCNC(C)CCc1nc(-c2ccc(F)c(F)c2)no1. The van der Waals surface area contributed by atoms with Crippen molar-refractivity contribution in [1.29, 1.82) is 0 Å². The first-order valence-electron chi connectivity index (χ1n) is 7.11. The molecule has 1 unspecified atom stereocenters. The van der Waals surface area contributed by atoms with Gasteiger partial charge in [-0.3, -0.25) is 0 Å². The van der Waals surface area contributed by atoms with Crippen molar-refractivity contribution >= 4 is 0 Å². The molecule has 114 valence electrons. The van der Waals surface area contributed by atoms with E-state index in [1.165, 1.54) is 6.07 Å². The first-order chi connectivity index (χ1) is 10.1. The molecular weight excluding hydrogens is 276 g/mol. The number of rotatable bonds is 7. The van der Waals surface area contributed by atoms with Gasteiger partial charge in [0.2, 0.25) is 11.7 Å². The average molecular weight is 295 g/mol. The van der Waals surface area contributed by atoms with Crippen LogP contribution in [0.1, 0.15) is 32.6 Å². The Morgan fingerprint density at radius 3 is 2.81 bits per heavy atom. The molecule has 2 aromatic rings. The Bertz CT molecular complexity index is 586. The van der Waals surface area contributed by atoms with E-state index in [1.54, 1.807) is 0 Å². The number of aromatic nitrogens is 2. The maximum atomic E-state index is 13.2. The van der Waals surface area contributed by atoms with Crippen LogP contribution in [-0.2, 0) is 6.42 Å². The van der Waals surface area contributed by atoms with Crippen LogP contribution in [0.3, 0.4) is 0 Å². The molecule has 1 atom stereocenters. The van der Waals surface area contributed by atoms with E-state index in [0.29, 0.717) is 23.9 Å². The van der Waals surface area contributed by atoms with E-state index < -0.39 is 11.6 Å². The molecule has 0 fully saturated rings. The summed E-state index contributed by atoms with van der Waals surface area (Å²) in [5.41, 5.74) is 0.404. The predicted octanol–water partition coefficient (Wildman–Crippen LogP) is 3.34. The highest BCUT2D eigenvalue weighted by Crippen LogP contribution is 2.19. The molecule has 1 aromatic heterocycles. The lowest BCUT2D eigenvalue weighted by Crippen LogP contribution is -2.27. The van der Waals surface area contributed by atoms with Gasteiger partial charge in [0.1, 0.15) is 0 Å². The summed E-state index contributed by atoms with van der Waals surface area (Å²) in [6, 6.07) is 3.91. The van der Waals surface area contributed by atoms with Gasteiger partial charge >= 0.3 is 0 Å². The lowest BCUT2D eigenvalue weighted by molar-refractivity contribution is 0.367. The van der Waals surface area contributed by atoms with Gasteiger partial charge in [0, 0.05) is 18.0 Å². The van der Waals surface area contributed by atoms with Gasteiger partial charge in [0.15, 0.2) is 11.6 Å². The second-order valence-corrected chi connectivity index (χ2v) is 5.03. The molecule has 0 saturated heterocycles. The zero-order chi connectivity index (χ0) is 15.2. The summed E-state index contributed by atoms with van der Waals surface area (Å²) < 4.78 is 31.2. The Kier molecular flexibility index (Phi) is 5.38. The minimum absolute atomic E-state index is 0.276. The second kappa shape index (κ2) is 7.26. The maximum Gasteiger partial charge on any atom is 0.227 e. The molecule has 0 saturated carbocycles. The fourth-order valence-corrected chi connectivity index (χ4v) is 1.94.